The minimum absolute atomic E-state index is 0.399. The summed E-state index contributed by atoms with van der Waals surface area (Å²) in [7, 11) is 4.07. The van der Waals surface area contributed by atoms with Crippen LogP contribution in [0.15, 0.2) is 4.99 Å². The highest BCUT2D eigenvalue weighted by molar-refractivity contribution is 5.79. The van der Waals surface area contributed by atoms with Crippen molar-refractivity contribution in [2.75, 3.05) is 53.4 Å². The molecule has 24 heavy (non-hydrogen) atoms. The zero-order chi connectivity index (χ0) is 18.0. The third-order valence-corrected chi connectivity index (χ3v) is 4.72. The topological polar surface area (TPSA) is 42.9 Å². The predicted molar refractivity (Wildman–Crippen MR) is 106 cm³/mol. The van der Waals surface area contributed by atoms with Crippen LogP contribution in [-0.4, -0.2) is 75.2 Å². The van der Waals surface area contributed by atoms with Crippen LogP contribution >= 0.6 is 0 Å². The average Bonchev–Trinajstić information content (AvgIpc) is 2.52. The van der Waals surface area contributed by atoms with Crippen LogP contribution < -0.4 is 10.6 Å². The van der Waals surface area contributed by atoms with Gasteiger partial charge in [0.2, 0.25) is 0 Å². The van der Waals surface area contributed by atoms with Gasteiger partial charge in [-0.1, -0.05) is 20.8 Å². The zero-order valence-corrected chi connectivity index (χ0v) is 17.0. The summed E-state index contributed by atoms with van der Waals surface area (Å²) in [5.74, 6) is 0.941. The quantitative estimate of drug-likeness (QED) is 0.405. The third kappa shape index (κ3) is 10.1. The van der Waals surface area contributed by atoms with E-state index in [1.165, 1.54) is 58.4 Å². The van der Waals surface area contributed by atoms with Gasteiger partial charge >= 0.3 is 0 Å². The van der Waals surface area contributed by atoms with Crippen LogP contribution in [0, 0.1) is 5.41 Å². The minimum atomic E-state index is 0.399. The molecule has 0 aromatic carbocycles. The largest absolute Gasteiger partial charge is 0.356 e. The van der Waals surface area contributed by atoms with Gasteiger partial charge in [0.15, 0.2) is 5.96 Å². The fourth-order valence-electron chi connectivity index (χ4n) is 2.89. The number of nitrogens with zero attached hydrogens (tertiary/aromatic N) is 3. The first-order chi connectivity index (χ1) is 11.3. The van der Waals surface area contributed by atoms with Crippen molar-refractivity contribution in [3.05, 3.63) is 0 Å². The molecule has 0 aromatic heterocycles. The summed E-state index contributed by atoms with van der Waals surface area (Å²) >= 11 is 0. The molecule has 1 aliphatic rings. The maximum atomic E-state index is 4.35. The van der Waals surface area contributed by atoms with Crippen LogP contribution in [-0.2, 0) is 0 Å². The van der Waals surface area contributed by atoms with Gasteiger partial charge in [0, 0.05) is 45.8 Å². The van der Waals surface area contributed by atoms with Gasteiger partial charge in [-0.2, -0.15) is 0 Å². The number of aliphatic imine (C=N–C) groups is 1. The Balaban J connectivity index is 2.09. The lowest BCUT2D eigenvalue weighted by atomic mass is 9.89. The van der Waals surface area contributed by atoms with Crippen molar-refractivity contribution in [1.29, 1.82) is 0 Å². The maximum absolute atomic E-state index is 4.35. The molecule has 1 unspecified atom stereocenters. The Morgan fingerprint density at radius 1 is 1.12 bits per heavy atom. The third-order valence-electron chi connectivity index (χ3n) is 4.72. The van der Waals surface area contributed by atoms with Crippen molar-refractivity contribution in [2.24, 2.45) is 10.4 Å². The Bertz CT molecular complexity index is 353. The van der Waals surface area contributed by atoms with Gasteiger partial charge in [0.1, 0.15) is 0 Å². The highest BCUT2D eigenvalue weighted by Crippen LogP contribution is 2.21. The van der Waals surface area contributed by atoms with Crippen LogP contribution in [0.2, 0.25) is 0 Å². The van der Waals surface area contributed by atoms with Crippen molar-refractivity contribution < 1.29 is 0 Å². The molecular weight excluding hydrogens is 298 g/mol. The molecule has 5 heteroatoms. The van der Waals surface area contributed by atoms with Crippen molar-refractivity contribution in [3.8, 4) is 0 Å². The number of nitrogens with one attached hydrogen (secondary N) is 2. The second kappa shape index (κ2) is 10.9. The molecule has 0 aromatic rings. The molecule has 5 nitrogen and oxygen atoms in total. The van der Waals surface area contributed by atoms with Crippen molar-refractivity contribution in [1.82, 2.24) is 20.4 Å². The van der Waals surface area contributed by atoms with E-state index in [2.05, 4.69) is 60.2 Å². The van der Waals surface area contributed by atoms with Crippen LogP contribution in [0.4, 0.5) is 0 Å². The minimum Gasteiger partial charge on any atom is -0.356 e. The molecule has 1 aliphatic heterocycles. The van der Waals surface area contributed by atoms with Crippen LogP contribution in [0.1, 0.15) is 53.4 Å². The van der Waals surface area contributed by atoms with Crippen LogP contribution in [0.25, 0.3) is 0 Å². The Morgan fingerprint density at radius 2 is 1.79 bits per heavy atom. The fraction of sp³-hybridized carbons (Fsp3) is 0.947. The van der Waals surface area contributed by atoms with Gasteiger partial charge in [-0.25, -0.2) is 0 Å². The molecule has 0 saturated carbocycles. The van der Waals surface area contributed by atoms with Crippen molar-refractivity contribution in [3.63, 3.8) is 0 Å². The van der Waals surface area contributed by atoms with E-state index in [0.29, 0.717) is 11.5 Å². The van der Waals surface area contributed by atoms with E-state index < -0.39 is 0 Å². The lowest BCUT2D eigenvalue weighted by molar-refractivity contribution is 0.152. The number of guanidine groups is 1. The van der Waals surface area contributed by atoms with Crippen molar-refractivity contribution >= 4 is 5.96 Å². The summed E-state index contributed by atoms with van der Waals surface area (Å²) in [6, 6.07) is 0.459. The number of likely N-dealkylation sites (N-methyl/N-ethyl adjacent to an activating group) is 1. The Hall–Kier alpha value is -0.810. The van der Waals surface area contributed by atoms with E-state index in [-0.39, 0.29) is 0 Å². The first-order valence-electron chi connectivity index (χ1n) is 9.68. The van der Waals surface area contributed by atoms with E-state index in [9.17, 15) is 0 Å². The fourth-order valence-corrected chi connectivity index (χ4v) is 2.89. The number of hydrogen-bond donors (Lipinski definition) is 2. The smallest absolute Gasteiger partial charge is 0.191 e. The summed E-state index contributed by atoms with van der Waals surface area (Å²) in [6.45, 7) is 16.2. The molecule has 0 radical (unpaired) electrons. The molecule has 1 heterocycles. The highest BCUT2D eigenvalue weighted by Gasteiger charge is 2.14. The Morgan fingerprint density at radius 3 is 2.38 bits per heavy atom. The monoisotopic (exact) mass is 339 g/mol. The molecule has 1 atom stereocenters. The molecule has 1 rings (SSSR count). The first kappa shape index (κ1) is 21.2. The van der Waals surface area contributed by atoms with E-state index in [1.54, 1.807) is 0 Å². The molecule has 0 aliphatic carbocycles. The molecule has 142 valence electrons. The van der Waals surface area contributed by atoms with Crippen molar-refractivity contribution in [2.45, 2.75) is 59.4 Å². The second-order valence-electron chi connectivity index (χ2n) is 8.50. The van der Waals surface area contributed by atoms with Gasteiger partial charge < -0.3 is 20.4 Å². The summed E-state index contributed by atoms with van der Waals surface area (Å²) in [4.78, 5) is 9.34. The summed E-state index contributed by atoms with van der Waals surface area (Å²) in [5, 5.41) is 6.96. The number of unbranched alkanes of at least 4 members (excludes halogenated alkanes) is 1. The summed E-state index contributed by atoms with van der Waals surface area (Å²) < 4.78 is 0. The van der Waals surface area contributed by atoms with Gasteiger partial charge in [-0.05, 0) is 51.6 Å². The highest BCUT2D eigenvalue weighted by atomic mass is 15.2. The Kier molecular flexibility index (Phi) is 9.67. The lowest BCUT2D eigenvalue weighted by Gasteiger charge is -2.32. The maximum Gasteiger partial charge on any atom is 0.191 e. The van der Waals surface area contributed by atoms with Crippen LogP contribution in [0.3, 0.4) is 0 Å². The molecule has 2 N–H and O–H groups in total. The van der Waals surface area contributed by atoms with Gasteiger partial charge in [0.05, 0.1) is 0 Å². The van der Waals surface area contributed by atoms with E-state index in [0.717, 1.165) is 12.5 Å². The molecule has 0 bridgehead atoms. The molecule has 1 fully saturated rings. The summed E-state index contributed by atoms with van der Waals surface area (Å²) in [6.07, 6.45) is 4.85. The first-order valence-corrected chi connectivity index (χ1v) is 9.68. The van der Waals surface area contributed by atoms with Crippen LogP contribution in [0.5, 0.6) is 0 Å². The Labute approximate surface area is 150 Å². The molecule has 1 saturated heterocycles. The van der Waals surface area contributed by atoms with E-state index in [1.807, 2.05) is 7.05 Å². The SMILES string of the molecule is CN=C(NCCCCN1CCN(C)CC1)NC(C)CCC(C)(C)C. The van der Waals surface area contributed by atoms with Gasteiger partial charge in [0.25, 0.3) is 0 Å². The number of hydrogen-bond acceptors (Lipinski definition) is 3. The molecular formula is C19H41N5. The zero-order valence-electron chi connectivity index (χ0n) is 17.0. The molecule has 0 amide bonds. The predicted octanol–water partition coefficient (Wildman–Crippen LogP) is 2.39. The second-order valence-corrected chi connectivity index (χ2v) is 8.50. The number of piperazine rings is 1. The standard InChI is InChI=1S/C19H41N5/c1-17(9-10-19(2,3)4)22-18(20-5)21-11-7-8-12-24-15-13-23(6)14-16-24/h17H,7-16H2,1-6H3,(H2,20,21,22). The average molecular weight is 340 g/mol. The normalized spacial score (nSPS) is 19.3. The van der Waals surface area contributed by atoms with E-state index in [4.69, 9.17) is 0 Å². The van der Waals surface area contributed by atoms with Gasteiger partial charge in [-0.15, -0.1) is 0 Å². The van der Waals surface area contributed by atoms with Gasteiger partial charge in [-0.3, -0.25) is 4.99 Å². The summed E-state index contributed by atoms with van der Waals surface area (Å²) in [5.41, 5.74) is 0.399. The van der Waals surface area contributed by atoms with E-state index >= 15 is 0 Å². The lowest BCUT2D eigenvalue weighted by Crippen LogP contribution is -2.45. The number of rotatable bonds is 8. The molecule has 0 spiro atoms.